The fraction of sp³-hybridized carbons (Fsp3) is 1.00. The molecule has 0 spiro atoms. The molecule has 0 aromatic heterocycles. The molecular formula is C12H22BrNO. The Hall–Kier alpha value is 0.400. The van der Waals surface area contributed by atoms with E-state index in [1.807, 2.05) is 0 Å². The zero-order valence-corrected chi connectivity index (χ0v) is 11.2. The summed E-state index contributed by atoms with van der Waals surface area (Å²) in [7, 11) is 0. The fourth-order valence-electron chi connectivity index (χ4n) is 2.93. The van der Waals surface area contributed by atoms with Gasteiger partial charge >= 0.3 is 0 Å². The standard InChI is InChI=1S/C12H22BrNO/c1-10-7-14(9-12(6-13)15-10)8-11-4-2-3-5-11/h10-12H,2-9H2,1H3. The molecule has 1 saturated heterocycles. The molecule has 0 aromatic rings. The molecular weight excluding hydrogens is 254 g/mol. The summed E-state index contributed by atoms with van der Waals surface area (Å²) >= 11 is 3.53. The van der Waals surface area contributed by atoms with Gasteiger partial charge in [-0.1, -0.05) is 28.8 Å². The van der Waals surface area contributed by atoms with E-state index in [4.69, 9.17) is 4.74 Å². The number of ether oxygens (including phenoxy) is 1. The number of hydrogen-bond acceptors (Lipinski definition) is 2. The van der Waals surface area contributed by atoms with Crippen molar-refractivity contribution in [2.75, 3.05) is 25.0 Å². The van der Waals surface area contributed by atoms with Gasteiger partial charge in [-0.25, -0.2) is 0 Å². The lowest BCUT2D eigenvalue weighted by Gasteiger charge is -2.37. The molecule has 1 aliphatic heterocycles. The molecule has 0 amide bonds. The van der Waals surface area contributed by atoms with E-state index in [1.165, 1.54) is 32.2 Å². The fourth-order valence-corrected chi connectivity index (χ4v) is 3.29. The summed E-state index contributed by atoms with van der Waals surface area (Å²) in [5.41, 5.74) is 0. The van der Waals surface area contributed by atoms with Gasteiger partial charge in [-0.05, 0) is 25.7 Å². The van der Waals surface area contributed by atoms with Crippen molar-refractivity contribution in [1.29, 1.82) is 0 Å². The van der Waals surface area contributed by atoms with Gasteiger partial charge in [0.05, 0.1) is 12.2 Å². The molecule has 2 aliphatic rings. The van der Waals surface area contributed by atoms with Gasteiger partial charge in [0.15, 0.2) is 0 Å². The van der Waals surface area contributed by atoms with E-state index in [1.54, 1.807) is 0 Å². The Morgan fingerprint density at radius 2 is 2.00 bits per heavy atom. The van der Waals surface area contributed by atoms with Crippen molar-refractivity contribution in [3.05, 3.63) is 0 Å². The summed E-state index contributed by atoms with van der Waals surface area (Å²) < 4.78 is 5.84. The molecule has 0 aromatic carbocycles. The second kappa shape index (κ2) is 5.65. The number of hydrogen-bond donors (Lipinski definition) is 0. The molecule has 1 saturated carbocycles. The van der Waals surface area contributed by atoms with Crippen molar-refractivity contribution in [3.63, 3.8) is 0 Å². The maximum Gasteiger partial charge on any atom is 0.0802 e. The first-order valence-corrected chi connectivity index (χ1v) is 7.34. The summed E-state index contributed by atoms with van der Waals surface area (Å²) in [6.07, 6.45) is 6.60. The van der Waals surface area contributed by atoms with Gasteiger partial charge in [-0.3, -0.25) is 4.90 Å². The smallest absolute Gasteiger partial charge is 0.0802 e. The maximum atomic E-state index is 5.84. The Labute approximate surface area is 101 Å². The zero-order chi connectivity index (χ0) is 10.7. The monoisotopic (exact) mass is 275 g/mol. The van der Waals surface area contributed by atoms with E-state index in [9.17, 15) is 0 Å². The van der Waals surface area contributed by atoms with E-state index in [2.05, 4.69) is 27.8 Å². The minimum Gasteiger partial charge on any atom is -0.372 e. The topological polar surface area (TPSA) is 12.5 Å². The van der Waals surface area contributed by atoms with Crippen LogP contribution in [0.5, 0.6) is 0 Å². The Morgan fingerprint density at radius 1 is 1.27 bits per heavy atom. The van der Waals surface area contributed by atoms with Crippen LogP contribution in [0.15, 0.2) is 0 Å². The van der Waals surface area contributed by atoms with Gasteiger partial charge in [0.25, 0.3) is 0 Å². The SMILES string of the molecule is CC1CN(CC2CCCC2)CC(CBr)O1. The van der Waals surface area contributed by atoms with Crippen LogP contribution in [0.2, 0.25) is 0 Å². The number of morpholine rings is 1. The van der Waals surface area contributed by atoms with E-state index in [0.717, 1.165) is 24.3 Å². The van der Waals surface area contributed by atoms with Crippen LogP contribution in [0, 0.1) is 5.92 Å². The van der Waals surface area contributed by atoms with Crippen LogP contribution in [0.25, 0.3) is 0 Å². The molecule has 3 heteroatoms. The lowest BCUT2D eigenvalue weighted by Crippen LogP contribution is -2.48. The highest BCUT2D eigenvalue weighted by atomic mass is 79.9. The summed E-state index contributed by atoms with van der Waals surface area (Å²) in [5, 5.41) is 0.971. The van der Waals surface area contributed by atoms with E-state index in [0.29, 0.717) is 12.2 Å². The number of rotatable bonds is 3. The van der Waals surface area contributed by atoms with Crippen molar-refractivity contribution in [2.24, 2.45) is 5.92 Å². The largest absolute Gasteiger partial charge is 0.372 e. The van der Waals surface area contributed by atoms with Gasteiger partial charge < -0.3 is 4.74 Å². The highest BCUT2D eigenvalue weighted by Gasteiger charge is 2.27. The van der Waals surface area contributed by atoms with Crippen molar-refractivity contribution < 1.29 is 4.74 Å². The number of alkyl halides is 1. The van der Waals surface area contributed by atoms with Crippen LogP contribution in [-0.2, 0) is 4.74 Å². The minimum absolute atomic E-state index is 0.398. The van der Waals surface area contributed by atoms with Gasteiger partial charge in [0.1, 0.15) is 0 Å². The zero-order valence-electron chi connectivity index (χ0n) is 9.62. The molecule has 2 fully saturated rings. The predicted octanol–water partition coefficient (Wildman–Crippen LogP) is 2.66. The third-order valence-electron chi connectivity index (χ3n) is 3.57. The molecule has 1 heterocycles. The highest BCUT2D eigenvalue weighted by molar-refractivity contribution is 9.09. The first-order valence-electron chi connectivity index (χ1n) is 6.21. The first-order chi connectivity index (χ1) is 7.28. The first kappa shape index (κ1) is 11.9. The van der Waals surface area contributed by atoms with Crippen molar-refractivity contribution in [3.8, 4) is 0 Å². The third kappa shape index (κ3) is 3.43. The van der Waals surface area contributed by atoms with Gasteiger partial charge in [0.2, 0.25) is 0 Å². The highest BCUT2D eigenvalue weighted by Crippen LogP contribution is 2.26. The Bertz CT molecular complexity index is 194. The normalized spacial score (nSPS) is 34.8. The molecule has 88 valence electrons. The molecule has 2 unspecified atom stereocenters. The molecule has 2 nitrogen and oxygen atoms in total. The van der Waals surface area contributed by atoms with Crippen LogP contribution >= 0.6 is 15.9 Å². The second-order valence-corrected chi connectivity index (χ2v) is 5.74. The van der Waals surface area contributed by atoms with Crippen LogP contribution in [0.3, 0.4) is 0 Å². The molecule has 0 bridgehead atoms. The van der Waals surface area contributed by atoms with Crippen LogP contribution in [-0.4, -0.2) is 42.1 Å². The summed E-state index contributed by atoms with van der Waals surface area (Å²) in [6.45, 7) is 5.74. The van der Waals surface area contributed by atoms with Crippen LogP contribution < -0.4 is 0 Å². The molecule has 0 N–H and O–H groups in total. The molecule has 2 atom stereocenters. The van der Waals surface area contributed by atoms with Crippen LogP contribution in [0.4, 0.5) is 0 Å². The summed E-state index contributed by atoms with van der Waals surface area (Å²) in [4.78, 5) is 2.61. The second-order valence-electron chi connectivity index (χ2n) is 5.09. The molecule has 2 rings (SSSR count). The quantitative estimate of drug-likeness (QED) is 0.735. The molecule has 0 radical (unpaired) electrons. The van der Waals surface area contributed by atoms with E-state index >= 15 is 0 Å². The predicted molar refractivity (Wildman–Crippen MR) is 66.5 cm³/mol. The summed E-state index contributed by atoms with van der Waals surface area (Å²) in [6, 6.07) is 0. The Balaban J connectivity index is 1.80. The molecule has 15 heavy (non-hydrogen) atoms. The average Bonchev–Trinajstić information content (AvgIpc) is 2.69. The lowest BCUT2D eigenvalue weighted by molar-refractivity contribution is -0.0685. The van der Waals surface area contributed by atoms with Gasteiger partial charge in [0, 0.05) is 25.0 Å². The lowest BCUT2D eigenvalue weighted by atomic mass is 10.1. The third-order valence-corrected chi connectivity index (χ3v) is 4.29. The van der Waals surface area contributed by atoms with E-state index in [-0.39, 0.29) is 0 Å². The Kier molecular flexibility index (Phi) is 4.47. The van der Waals surface area contributed by atoms with Crippen LogP contribution in [0.1, 0.15) is 32.6 Å². The van der Waals surface area contributed by atoms with E-state index < -0.39 is 0 Å². The Morgan fingerprint density at radius 3 is 2.67 bits per heavy atom. The number of nitrogens with zero attached hydrogens (tertiary/aromatic N) is 1. The number of halogens is 1. The van der Waals surface area contributed by atoms with Crippen molar-refractivity contribution >= 4 is 15.9 Å². The minimum atomic E-state index is 0.398. The molecule has 1 aliphatic carbocycles. The van der Waals surface area contributed by atoms with Crippen molar-refractivity contribution in [2.45, 2.75) is 44.8 Å². The average molecular weight is 276 g/mol. The van der Waals surface area contributed by atoms with Crippen molar-refractivity contribution in [1.82, 2.24) is 4.90 Å². The van der Waals surface area contributed by atoms with Gasteiger partial charge in [-0.15, -0.1) is 0 Å². The summed E-state index contributed by atoms with van der Waals surface area (Å²) in [5.74, 6) is 0.964. The van der Waals surface area contributed by atoms with Gasteiger partial charge in [-0.2, -0.15) is 0 Å². The maximum absolute atomic E-state index is 5.84.